The predicted molar refractivity (Wildman–Crippen MR) is 140 cm³/mol. The van der Waals surface area contributed by atoms with E-state index >= 15 is 0 Å². The molecule has 0 fully saturated rings. The number of nitrogens with one attached hydrogen (secondary N) is 2. The molecular formula is C27H21ClN2O5S. The highest BCUT2D eigenvalue weighted by atomic mass is 35.5. The maximum absolute atomic E-state index is 13.0. The fraction of sp³-hybridized carbons (Fsp3) is 0.0370. The van der Waals surface area contributed by atoms with Gasteiger partial charge in [0.2, 0.25) is 0 Å². The summed E-state index contributed by atoms with van der Waals surface area (Å²) in [7, 11) is -2.40. The molecule has 0 radical (unpaired) electrons. The lowest BCUT2D eigenvalue weighted by Gasteiger charge is -2.13. The van der Waals surface area contributed by atoms with Crippen molar-refractivity contribution in [3.8, 4) is 5.75 Å². The zero-order valence-electron chi connectivity index (χ0n) is 19.1. The van der Waals surface area contributed by atoms with E-state index in [-0.39, 0.29) is 33.2 Å². The van der Waals surface area contributed by atoms with Gasteiger partial charge in [0, 0.05) is 27.4 Å². The number of amides is 1. The molecule has 182 valence electrons. The summed E-state index contributed by atoms with van der Waals surface area (Å²) >= 11 is 6.11. The third-order valence-electron chi connectivity index (χ3n) is 5.26. The van der Waals surface area contributed by atoms with Crippen LogP contribution in [0.5, 0.6) is 5.75 Å². The van der Waals surface area contributed by atoms with Crippen LogP contribution >= 0.6 is 11.6 Å². The highest BCUT2D eigenvalue weighted by molar-refractivity contribution is 7.92. The molecular weight excluding hydrogens is 500 g/mol. The number of carbonyl (C=O) groups excluding carboxylic acids is 2. The van der Waals surface area contributed by atoms with Gasteiger partial charge in [-0.05, 0) is 60.7 Å². The van der Waals surface area contributed by atoms with E-state index in [2.05, 4.69) is 10.0 Å². The first-order valence-electron chi connectivity index (χ1n) is 10.7. The van der Waals surface area contributed by atoms with Crippen molar-refractivity contribution in [1.29, 1.82) is 0 Å². The van der Waals surface area contributed by atoms with Crippen molar-refractivity contribution in [2.45, 2.75) is 4.90 Å². The number of benzene rings is 4. The number of anilines is 2. The fourth-order valence-corrected chi connectivity index (χ4v) is 4.67. The number of ether oxygens (including phenoxy) is 1. The van der Waals surface area contributed by atoms with Crippen LogP contribution in [0.2, 0.25) is 5.02 Å². The summed E-state index contributed by atoms with van der Waals surface area (Å²) in [5.41, 5.74) is 1.36. The molecule has 4 rings (SSSR count). The average Bonchev–Trinajstić information content (AvgIpc) is 2.89. The van der Waals surface area contributed by atoms with Crippen molar-refractivity contribution in [1.82, 2.24) is 0 Å². The van der Waals surface area contributed by atoms with Gasteiger partial charge in [0.05, 0.1) is 17.7 Å². The van der Waals surface area contributed by atoms with Crippen LogP contribution < -0.4 is 14.8 Å². The van der Waals surface area contributed by atoms with Crippen LogP contribution in [-0.4, -0.2) is 27.2 Å². The quantitative estimate of drug-likeness (QED) is 0.293. The summed E-state index contributed by atoms with van der Waals surface area (Å²) in [5.74, 6) is -0.292. The molecule has 0 aliphatic rings. The molecule has 0 atom stereocenters. The van der Waals surface area contributed by atoms with Gasteiger partial charge >= 0.3 is 0 Å². The van der Waals surface area contributed by atoms with E-state index in [0.29, 0.717) is 16.3 Å². The van der Waals surface area contributed by atoms with Crippen molar-refractivity contribution < 1.29 is 22.7 Å². The lowest BCUT2D eigenvalue weighted by Crippen LogP contribution is -2.16. The predicted octanol–water partition coefficient (Wildman–Crippen LogP) is 5.63. The third-order valence-corrected chi connectivity index (χ3v) is 6.89. The summed E-state index contributed by atoms with van der Waals surface area (Å²) in [4.78, 5) is 26.1. The minimum atomic E-state index is -3.89. The van der Waals surface area contributed by atoms with Crippen molar-refractivity contribution in [3.63, 3.8) is 0 Å². The largest absolute Gasteiger partial charge is 0.497 e. The second kappa shape index (κ2) is 10.6. The molecule has 0 heterocycles. The zero-order chi connectivity index (χ0) is 25.7. The monoisotopic (exact) mass is 520 g/mol. The Labute approximate surface area is 213 Å². The van der Waals surface area contributed by atoms with Gasteiger partial charge in [-0.1, -0.05) is 48.0 Å². The molecule has 36 heavy (non-hydrogen) atoms. The van der Waals surface area contributed by atoms with Gasteiger partial charge in [-0.25, -0.2) is 8.42 Å². The number of hydrogen-bond donors (Lipinski definition) is 2. The van der Waals surface area contributed by atoms with Gasteiger partial charge in [0.15, 0.2) is 5.78 Å². The van der Waals surface area contributed by atoms with Crippen LogP contribution in [0.25, 0.3) is 0 Å². The molecule has 2 N–H and O–H groups in total. The van der Waals surface area contributed by atoms with Crippen molar-refractivity contribution >= 4 is 44.7 Å². The highest BCUT2D eigenvalue weighted by Crippen LogP contribution is 2.25. The van der Waals surface area contributed by atoms with Crippen LogP contribution in [-0.2, 0) is 10.0 Å². The summed E-state index contributed by atoms with van der Waals surface area (Å²) in [6.07, 6.45) is 0. The molecule has 0 aliphatic heterocycles. The average molecular weight is 521 g/mol. The topological polar surface area (TPSA) is 102 Å². The summed E-state index contributed by atoms with van der Waals surface area (Å²) in [6, 6.07) is 25.2. The first-order valence-corrected chi connectivity index (χ1v) is 12.6. The maximum Gasteiger partial charge on any atom is 0.261 e. The van der Waals surface area contributed by atoms with Gasteiger partial charge in [-0.15, -0.1) is 0 Å². The van der Waals surface area contributed by atoms with E-state index in [0.717, 1.165) is 0 Å². The Kier molecular flexibility index (Phi) is 7.38. The van der Waals surface area contributed by atoms with Crippen LogP contribution in [0.1, 0.15) is 26.3 Å². The van der Waals surface area contributed by atoms with Gasteiger partial charge in [-0.3, -0.25) is 14.3 Å². The number of halogens is 1. The standard InChI is InChI=1S/C27H21ClN2O5S/c1-35-22-11-13-23(14-12-22)36(33,34)30-21-9-5-8-19(16-21)27(32)29-25-15-10-20(28)17-24(25)26(31)18-6-3-2-4-7-18/h2-17,30H,1H3,(H,29,32). The first-order chi connectivity index (χ1) is 17.3. The number of rotatable bonds is 8. The Hall–Kier alpha value is -4.14. The van der Waals surface area contributed by atoms with Crippen LogP contribution in [0.15, 0.2) is 102 Å². The van der Waals surface area contributed by atoms with Crippen LogP contribution in [0.4, 0.5) is 11.4 Å². The fourth-order valence-electron chi connectivity index (χ4n) is 3.45. The minimum Gasteiger partial charge on any atom is -0.497 e. The molecule has 9 heteroatoms. The molecule has 7 nitrogen and oxygen atoms in total. The Morgan fingerprint density at radius 2 is 1.50 bits per heavy atom. The molecule has 0 spiro atoms. The van der Waals surface area contributed by atoms with E-state index in [4.69, 9.17) is 16.3 Å². The van der Waals surface area contributed by atoms with E-state index in [1.54, 1.807) is 60.7 Å². The van der Waals surface area contributed by atoms with E-state index in [1.807, 2.05) is 0 Å². The Morgan fingerprint density at radius 3 is 2.19 bits per heavy atom. The summed E-state index contributed by atoms with van der Waals surface area (Å²) in [6.45, 7) is 0. The van der Waals surface area contributed by atoms with Crippen molar-refractivity contribution in [2.75, 3.05) is 17.1 Å². The molecule has 1 amide bonds. The molecule has 0 bridgehead atoms. The Balaban J connectivity index is 1.56. The summed E-state index contributed by atoms with van der Waals surface area (Å²) in [5, 5.41) is 3.08. The number of hydrogen-bond acceptors (Lipinski definition) is 5. The second-order valence-corrected chi connectivity index (χ2v) is 9.82. The SMILES string of the molecule is COc1ccc(S(=O)(=O)Nc2cccc(C(=O)Nc3ccc(Cl)cc3C(=O)c3ccccc3)c2)cc1. The Morgan fingerprint density at radius 1 is 0.806 bits per heavy atom. The van der Waals surface area contributed by atoms with E-state index in [1.165, 1.54) is 43.5 Å². The summed E-state index contributed by atoms with van der Waals surface area (Å²) < 4.78 is 33.0. The number of carbonyl (C=O) groups is 2. The van der Waals surface area contributed by atoms with E-state index in [9.17, 15) is 18.0 Å². The molecule has 0 saturated heterocycles. The molecule has 0 saturated carbocycles. The molecule has 4 aromatic rings. The van der Waals surface area contributed by atoms with Gasteiger partial charge in [-0.2, -0.15) is 0 Å². The highest BCUT2D eigenvalue weighted by Gasteiger charge is 2.18. The lowest BCUT2D eigenvalue weighted by molar-refractivity contribution is 0.102. The maximum atomic E-state index is 13.0. The van der Waals surface area contributed by atoms with Gasteiger partial charge in [0.25, 0.3) is 15.9 Å². The van der Waals surface area contributed by atoms with Crippen molar-refractivity contribution in [2.24, 2.45) is 0 Å². The molecule has 0 unspecified atom stereocenters. The molecule has 0 aromatic heterocycles. The first kappa shape index (κ1) is 25.0. The lowest BCUT2D eigenvalue weighted by atomic mass is 10.0. The van der Waals surface area contributed by atoms with Gasteiger partial charge in [0.1, 0.15) is 5.75 Å². The number of ketones is 1. The molecule has 0 aliphatic carbocycles. The van der Waals surface area contributed by atoms with E-state index < -0.39 is 15.9 Å². The smallest absolute Gasteiger partial charge is 0.261 e. The van der Waals surface area contributed by atoms with Gasteiger partial charge < -0.3 is 10.1 Å². The van der Waals surface area contributed by atoms with Crippen LogP contribution in [0, 0.1) is 0 Å². The zero-order valence-corrected chi connectivity index (χ0v) is 20.6. The molecule has 4 aromatic carbocycles. The normalized spacial score (nSPS) is 10.9. The Bertz CT molecular complexity index is 1520. The number of sulfonamides is 1. The number of methoxy groups -OCH3 is 1. The van der Waals surface area contributed by atoms with Crippen LogP contribution in [0.3, 0.4) is 0 Å². The minimum absolute atomic E-state index is 0.0448. The third kappa shape index (κ3) is 5.73. The second-order valence-electron chi connectivity index (χ2n) is 7.70. The van der Waals surface area contributed by atoms with Crippen molar-refractivity contribution in [3.05, 3.63) is 119 Å².